The molecule has 0 aliphatic heterocycles. The Morgan fingerprint density at radius 2 is 0.852 bits per heavy atom. The van der Waals surface area contributed by atoms with E-state index in [-0.39, 0.29) is 150 Å². The molecule has 0 aromatic heterocycles. The maximum Gasteiger partial charge on any atom is 1.00 e. The van der Waals surface area contributed by atoms with Gasteiger partial charge in [0, 0.05) is 40.7 Å². The fourth-order valence-electron chi connectivity index (χ4n) is 5.18. The Morgan fingerprint density at radius 3 is 1.13 bits per heavy atom. The van der Waals surface area contributed by atoms with E-state index >= 15 is 0 Å². The number of amides is 2. The number of ether oxygens (including phenoxy) is 4. The van der Waals surface area contributed by atoms with Crippen LogP contribution in [0.1, 0.15) is 73.3 Å². The summed E-state index contributed by atoms with van der Waals surface area (Å²) in [5, 5.41) is 44.1. The summed E-state index contributed by atoms with van der Waals surface area (Å²) >= 11 is 0. The molecule has 4 aromatic carbocycles. The molecule has 19 heteroatoms. The average Bonchev–Trinajstić information content (AvgIpc) is 3.10. The molecule has 0 aliphatic rings. The minimum atomic E-state index is -1.42. The van der Waals surface area contributed by atoms with Crippen molar-refractivity contribution in [2.45, 2.75) is 6.42 Å². The van der Waals surface area contributed by atoms with E-state index in [1.165, 1.54) is 77.0 Å². The van der Waals surface area contributed by atoms with Crippen molar-refractivity contribution in [2.24, 2.45) is 0 Å². The monoisotopic (exact) mass is 765 g/mol. The third-order valence-corrected chi connectivity index (χ3v) is 7.46. The minimum absolute atomic E-state index is 0. The fourth-order valence-corrected chi connectivity index (χ4v) is 5.18. The molecule has 0 atom stereocenters. The number of hydrogen-bond donors (Lipinski definition) is 6. The van der Waals surface area contributed by atoms with Gasteiger partial charge in [-0.25, -0.2) is 19.2 Å². The van der Waals surface area contributed by atoms with Crippen molar-refractivity contribution in [1.82, 2.24) is 0 Å². The van der Waals surface area contributed by atoms with Crippen LogP contribution in [-0.4, -0.2) is 120 Å². The zero-order chi connectivity index (χ0) is 37.6. The normalized spacial score (nSPS) is 9.85. The van der Waals surface area contributed by atoms with Crippen LogP contribution in [-0.2, 0) is 6.42 Å². The smallest absolute Gasteiger partial charge is 0.870 e. The molecular formula is C35H31N2Na2O15. The second-order valence-electron chi connectivity index (χ2n) is 10.6. The summed E-state index contributed by atoms with van der Waals surface area (Å²) in [6.07, 6.45) is -0.141. The molecule has 0 saturated heterocycles. The quantitative estimate of drug-likeness (QED) is 0.0980. The van der Waals surface area contributed by atoms with Crippen LogP contribution < -0.4 is 59.1 Å². The van der Waals surface area contributed by atoms with Crippen LogP contribution in [0.4, 0.5) is 11.4 Å². The first-order valence-electron chi connectivity index (χ1n) is 14.6. The minimum Gasteiger partial charge on any atom is -0.870 e. The second-order valence-corrected chi connectivity index (χ2v) is 10.6. The molecule has 17 nitrogen and oxygen atoms in total. The molecule has 273 valence electrons. The van der Waals surface area contributed by atoms with Gasteiger partial charge in [-0.1, -0.05) is 0 Å². The van der Waals surface area contributed by atoms with Crippen LogP contribution in [0.2, 0.25) is 0 Å². The maximum atomic E-state index is 13.2. The summed E-state index contributed by atoms with van der Waals surface area (Å²) in [7, 11) is 4.91. The van der Waals surface area contributed by atoms with Gasteiger partial charge in [-0.15, -0.1) is 0 Å². The summed E-state index contributed by atoms with van der Waals surface area (Å²) in [6.45, 7) is 0. The van der Waals surface area contributed by atoms with E-state index in [0.717, 1.165) is 12.1 Å². The van der Waals surface area contributed by atoms with Gasteiger partial charge in [-0.05, 0) is 78.2 Å². The number of carbonyl (C=O) groups excluding carboxylic acids is 2. The van der Waals surface area contributed by atoms with Crippen molar-refractivity contribution >= 4 is 76.6 Å². The van der Waals surface area contributed by atoms with Gasteiger partial charge < -0.3 is 55.5 Å². The number of benzene rings is 4. The van der Waals surface area contributed by atoms with E-state index in [2.05, 4.69) is 10.6 Å². The largest absolute Gasteiger partial charge is 1.00 e. The SMILES string of the molecule is COc1ccc(C(=O)Nc2cc(Cc3cc(NC(=O)c4ccc(OC)c(C(=O)O)c4)c(OC)c(C(=O)O)c3)cc(C(=O)O)c2OC)cc1C(=O)O.[Na+].[Na].[OH-]. The van der Waals surface area contributed by atoms with E-state index < -0.39 is 35.7 Å². The fraction of sp³-hybridized carbons (Fsp3) is 0.143. The van der Waals surface area contributed by atoms with Gasteiger partial charge in [0.15, 0.2) is 11.5 Å². The van der Waals surface area contributed by atoms with Gasteiger partial charge in [0.25, 0.3) is 11.8 Å². The first-order valence-corrected chi connectivity index (χ1v) is 14.6. The number of anilines is 2. The topological polar surface area (TPSA) is 274 Å². The van der Waals surface area contributed by atoms with E-state index in [0.29, 0.717) is 0 Å². The van der Waals surface area contributed by atoms with Crippen molar-refractivity contribution in [3.05, 3.63) is 105 Å². The molecule has 0 bridgehead atoms. The number of carboxylic acids is 4. The molecule has 0 aliphatic carbocycles. The number of carbonyl (C=O) groups is 6. The van der Waals surface area contributed by atoms with Gasteiger partial charge in [0.05, 0.1) is 39.8 Å². The molecule has 0 unspecified atom stereocenters. The number of methoxy groups -OCH3 is 4. The number of rotatable bonds is 14. The van der Waals surface area contributed by atoms with Crippen LogP contribution in [0.15, 0.2) is 60.7 Å². The Balaban J connectivity index is 0.00000486. The van der Waals surface area contributed by atoms with Crippen molar-refractivity contribution in [2.75, 3.05) is 39.1 Å². The summed E-state index contributed by atoms with van der Waals surface area (Å²) < 4.78 is 20.7. The number of carboxylic acid groups (broad SMARTS) is 4. The van der Waals surface area contributed by atoms with E-state index in [1.807, 2.05) is 0 Å². The van der Waals surface area contributed by atoms with Gasteiger partial charge in [0.1, 0.15) is 33.8 Å². The van der Waals surface area contributed by atoms with E-state index in [9.17, 15) is 49.2 Å². The molecule has 0 fully saturated rings. The van der Waals surface area contributed by atoms with Crippen molar-refractivity contribution in [3.8, 4) is 23.0 Å². The summed E-state index contributed by atoms with van der Waals surface area (Å²) in [6, 6.07) is 12.6. The Bertz CT molecular complexity index is 1960. The number of aromatic carboxylic acids is 4. The standard InChI is InChI=1S/C35H30N2O14.2Na.H2O/c1-48-26-7-5-18(14-20(26)32(40)41)30(38)36-24-12-16(10-22(34(44)45)28(24)50-3)9-17-11-23(35(46)47)29(51-4)25(13-17)37-31(39)19-6-8-27(49-2)21(15-19)33(42)43;;;/h5-8,10-15H,9H2,1-4H3,(H,36,38)(H,37,39)(H,40,41)(H,42,43)(H,44,45)(H,46,47);;;1H2/q;;+1;/p-1. The van der Waals surface area contributed by atoms with Gasteiger partial charge in [0.2, 0.25) is 0 Å². The Labute approximate surface area is 351 Å². The molecular weight excluding hydrogens is 734 g/mol. The molecule has 2 amide bonds. The predicted octanol–water partition coefficient (Wildman–Crippen LogP) is 1.06. The number of hydrogen-bond acceptors (Lipinski definition) is 11. The molecule has 1 radical (unpaired) electrons. The van der Waals surface area contributed by atoms with Crippen molar-refractivity contribution in [3.63, 3.8) is 0 Å². The van der Waals surface area contributed by atoms with Crippen molar-refractivity contribution in [1.29, 1.82) is 0 Å². The first-order chi connectivity index (χ1) is 24.2. The predicted molar refractivity (Wildman–Crippen MR) is 186 cm³/mol. The zero-order valence-electron chi connectivity index (χ0n) is 29.8. The second kappa shape index (κ2) is 20.4. The summed E-state index contributed by atoms with van der Waals surface area (Å²) in [5.41, 5.74) is -1.17. The maximum absolute atomic E-state index is 13.2. The first kappa shape index (κ1) is 46.9. The molecule has 4 aromatic rings. The average molecular weight is 766 g/mol. The third kappa shape index (κ3) is 10.5. The van der Waals surface area contributed by atoms with E-state index in [1.54, 1.807) is 0 Å². The van der Waals surface area contributed by atoms with Crippen LogP contribution in [0.5, 0.6) is 23.0 Å². The molecule has 0 heterocycles. The number of nitrogens with one attached hydrogen (secondary N) is 2. The molecule has 54 heavy (non-hydrogen) atoms. The Kier molecular flexibility index (Phi) is 17.7. The van der Waals surface area contributed by atoms with Gasteiger partial charge in [-0.2, -0.15) is 0 Å². The van der Waals surface area contributed by atoms with Crippen LogP contribution in [0, 0.1) is 0 Å². The van der Waals surface area contributed by atoms with Crippen molar-refractivity contribution < 1.29 is 103 Å². The molecule has 0 spiro atoms. The Hall–Kier alpha value is -5.14. The van der Waals surface area contributed by atoms with E-state index in [4.69, 9.17) is 18.9 Å². The van der Waals surface area contributed by atoms with Gasteiger partial charge in [-0.3, -0.25) is 9.59 Å². The third-order valence-electron chi connectivity index (χ3n) is 7.46. The van der Waals surface area contributed by atoms with Gasteiger partial charge >= 0.3 is 53.4 Å². The molecule has 4 rings (SSSR count). The van der Waals surface area contributed by atoms with Crippen LogP contribution >= 0.6 is 0 Å². The summed E-state index contributed by atoms with van der Waals surface area (Å²) in [4.78, 5) is 74.4. The van der Waals surface area contributed by atoms with Crippen LogP contribution in [0.25, 0.3) is 0 Å². The summed E-state index contributed by atoms with van der Waals surface area (Å²) in [5.74, 6) is -7.57. The molecule has 0 saturated carbocycles. The Morgan fingerprint density at radius 1 is 0.519 bits per heavy atom. The zero-order valence-corrected chi connectivity index (χ0v) is 33.8. The molecule has 7 N–H and O–H groups in total. The van der Waals surface area contributed by atoms with Crippen LogP contribution in [0.3, 0.4) is 0 Å².